The summed E-state index contributed by atoms with van der Waals surface area (Å²) in [5.41, 5.74) is 5.15. The van der Waals surface area contributed by atoms with E-state index in [2.05, 4.69) is 5.32 Å². The number of carboxylic acid groups (broad SMARTS) is 1. The lowest BCUT2D eigenvalue weighted by molar-refractivity contribution is -0.138. The molecule has 78 valence electrons. The Labute approximate surface area is 77.0 Å². The van der Waals surface area contributed by atoms with Crippen molar-refractivity contribution in [1.82, 2.24) is 5.32 Å². The average Bonchev–Trinajstić information content (AvgIpc) is 1.95. The Morgan fingerprint density at radius 2 is 2.15 bits per heavy atom. The smallest absolute Gasteiger partial charge is 0.321 e. The Morgan fingerprint density at radius 1 is 1.62 bits per heavy atom. The largest absolute Gasteiger partial charge is 0.480 e. The fourth-order valence-electron chi connectivity index (χ4n) is 0.602. The van der Waals surface area contributed by atoms with Gasteiger partial charge in [-0.2, -0.15) is 0 Å². The van der Waals surface area contributed by atoms with Crippen LogP contribution in [0.1, 0.15) is 0 Å². The lowest BCUT2D eigenvalue weighted by atomic mass is 10.3. The lowest BCUT2D eigenvalue weighted by Gasteiger charge is -2.06. The van der Waals surface area contributed by atoms with Crippen molar-refractivity contribution < 1.29 is 18.3 Å². The molecule has 0 aliphatic heterocycles. The van der Waals surface area contributed by atoms with Crippen molar-refractivity contribution in [3.05, 3.63) is 0 Å². The molecular weight excluding hydrogens is 196 g/mol. The SMILES string of the molecule is CS(=O)(=O)CCNCC(N)C(=O)O. The van der Waals surface area contributed by atoms with E-state index in [1.165, 1.54) is 0 Å². The minimum absolute atomic E-state index is 0.0145. The van der Waals surface area contributed by atoms with Crippen LogP contribution in [0.25, 0.3) is 0 Å². The van der Waals surface area contributed by atoms with Crippen LogP contribution >= 0.6 is 0 Å². The molecule has 0 saturated carbocycles. The molecule has 0 aromatic carbocycles. The third-order valence-electron chi connectivity index (χ3n) is 1.33. The zero-order valence-electron chi connectivity index (χ0n) is 7.36. The third kappa shape index (κ3) is 7.69. The van der Waals surface area contributed by atoms with Crippen molar-refractivity contribution in [2.45, 2.75) is 6.04 Å². The van der Waals surface area contributed by atoms with Crippen LogP contribution in [0.2, 0.25) is 0 Å². The van der Waals surface area contributed by atoms with Crippen molar-refractivity contribution in [2.24, 2.45) is 5.73 Å². The number of rotatable bonds is 6. The van der Waals surface area contributed by atoms with E-state index in [9.17, 15) is 13.2 Å². The van der Waals surface area contributed by atoms with Gasteiger partial charge in [0.15, 0.2) is 0 Å². The van der Waals surface area contributed by atoms with Gasteiger partial charge < -0.3 is 16.2 Å². The number of carbonyl (C=O) groups is 1. The van der Waals surface area contributed by atoms with E-state index in [1.54, 1.807) is 0 Å². The number of carboxylic acids is 1. The van der Waals surface area contributed by atoms with Crippen molar-refractivity contribution in [3.63, 3.8) is 0 Å². The highest BCUT2D eigenvalue weighted by Crippen LogP contribution is 1.80. The van der Waals surface area contributed by atoms with Crippen molar-refractivity contribution in [3.8, 4) is 0 Å². The first-order valence-electron chi connectivity index (χ1n) is 3.70. The highest BCUT2D eigenvalue weighted by Gasteiger charge is 2.10. The first-order valence-corrected chi connectivity index (χ1v) is 5.76. The Bertz CT molecular complexity index is 262. The van der Waals surface area contributed by atoms with E-state index in [4.69, 9.17) is 10.8 Å². The van der Waals surface area contributed by atoms with Crippen molar-refractivity contribution >= 4 is 15.8 Å². The van der Waals surface area contributed by atoms with Crippen LogP contribution in [0.15, 0.2) is 0 Å². The molecule has 1 unspecified atom stereocenters. The van der Waals surface area contributed by atoms with Gasteiger partial charge in [-0.15, -0.1) is 0 Å². The first-order chi connectivity index (χ1) is 5.83. The Morgan fingerprint density at radius 3 is 2.54 bits per heavy atom. The minimum atomic E-state index is -2.99. The minimum Gasteiger partial charge on any atom is -0.480 e. The van der Waals surface area contributed by atoms with Gasteiger partial charge in [0.25, 0.3) is 0 Å². The van der Waals surface area contributed by atoms with Gasteiger partial charge in [0.2, 0.25) is 0 Å². The summed E-state index contributed by atoms with van der Waals surface area (Å²) >= 11 is 0. The van der Waals surface area contributed by atoms with Crippen LogP contribution in [0.3, 0.4) is 0 Å². The molecule has 0 bridgehead atoms. The zero-order chi connectivity index (χ0) is 10.5. The molecular formula is C6H14N2O4S. The summed E-state index contributed by atoms with van der Waals surface area (Å²) in [6.07, 6.45) is 1.12. The van der Waals surface area contributed by atoms with Crippen LogP contribution in [0.5, 0.6) is 0 Å². The van der Waals surface area contributed by atoms with E-state index in [0.29, 0.717) is 0 Å². The molecule has 0 aliphatic carbocycles. The summed E-state index contributed by atoms with van der Waals surface area (Å²) in [4.78, 5) is 10.2. The molecule has 0 aromatic heterocycles. The molecule has 7 heteroatoms. The number of sulfone groups is 1. The van der Waals surface area contributed by atoms with Gasteiger partial charge in [0.1, 0.15) is 15.9 Å². The molecule has 4 N–H and O–H groups in total. The zero-order valence-corrected chi connectivity index (χ0v) is 8.17. The quantitative estimate of drug-likeness (QED) is 0.439. The van der Waals surface area contributed by atoms with E-state index in [0.717, 1.165) is 6.26 Å². The fraction of sp³-hybridized carbons (Fsp3) is 0.833. The molecule has 0 radical (unpaired) electrons. The standard InChI is InChI=1S/C6H14N2O4S/c1-13(11,12)3-2-8-4-5(7)6(9)10/h5,8H,2-4,7H2,1H3,(H,9,10). The first kappa shape index (κ1) is 12.3. The molecule has 0 saturated heterocycles. The number of hydrogen-bond acceptors (Lipinski definition) is 5. The van der Waals surface area contributed by atoms with Gasteiger partial charge in [-0.25, -0.2) is 8.42 Å². The monoisotopic (exact) mass is 210 g/mol. The molecule has 0 aliphatic rings. The summed E-state index contributed by atoms with van der Waals surface area (Å²) in [5, 5.41) is 11.0. The van der Waals surface area contributed by atoms with Gasteiger partial charge in [-0.1, -0.05) is 0 Å². The molecule has 0 aromatic rings. The fourth-order valence-corrected chi connectivity index (χ4v) is 1.12. The molecule has 0 heterocycles. The van der Waals surface area contributed by atoms with Gasteiger partial charge in [0, 0.05) is 19.3 Å². The third-order valence-corrected chi connectivity index (χ3v) is 2.28. The van der Waals surface area contributed by atoms with Gasteiger partial charge in [-0.3, -0.25) is 4.79 Å². The van der Waals surface area contributed by atoms with E-state index in [1.807, 2.05) is 0 Å². The van der Waals surface area contributed by atoms with Crippen LogP contribution in [0.4, 0.5) is 0 Å². The average molecular weight is 210 g/mol. The van der Waals surface area contributed by atoms with Gasteiger partial charge in [-0.05, 0) is 0 Å². The maximum atomic E-state index is 10.6. The predicted octanol–water partition coefficient (Wildman–Crippen LogP) is -1.97. The number of nitrogens with one attached hydrogen (secondary N) is 1. The van der Waals surface area contributed by atoms with Crippen LogP contribution in [-0.2, 0) is 14.6 Å². The summed E-state index contributed by atoms with van der Waals surface area (Å²) in [6, 6.07) is -0.987. The van der Waals surface area contributed by atoms with E-state index in [-0.39, 0.29) is 18.8 Å². The molecule has 0 amide bonds. The molecule has 6 nitrogen and oxygen atoms in total. The van der Waals surface area contributed by atoms with E-state index < -0.39 is 21.8 Å². The molecule has 13 heavy (non-hydrogen) atoms. The second-order valence-corrected chi connectivity index (χ2v) is 5.04. The molecule has 0 spiro atoms. The van der Waals surface area contributed by atoms with Gasteiger partial charge >= 0.3 is 5.97 Å². The molecule has 0 fully saturated rings. The maximum Gasteiger partial charge on any atom is 0.321 e. The Hall–Kier alpha value is -0.660. The normalized spacial score (nSPS) is 14.0. The van der Waals surface area contributed by atoms with Crippen LogP contribution in [0, 0.1) is 0 Å². The summed E-state index contributed by atoms with van der Waals surface area (Å²) in [7, 11) is -2.99. The highest BCUT2D eigenvalue weighted by atomic mass is 32.2. The lowest BCUT2D eigenvalue weighted by Crippen LogP contribution is -2.41. The summed E-state index contributed by atoms with van der Waals surface area (Å²) < 4.78 is 21.2. The summed E-state index contributed by atoms with van der Waals surface area (Å²) in [5.74, 6) is -1.12. The maximum absolute atomic E-state index is 10.6. The van der Waals surface area contributed by atoms with Crippen LogP contribution < -0.4 is 11.1 Å². The Kier molecular flexibility index (Phi) is 4.89. The molecule has 1 atom stereocenters. The van der Waals surface area contributed by atoms with E-state index >= 15 is 0 Å². The van der Waals surface area contributed by atoms with Crippen LogP contribution in [-0.4, -0.2) is 50.6 Å². The molecule has 0 rings (SSSR count). The van der Waals surface area contributed by atoms with Crippen molar-refractivity contribution in [2.75, 3.05) is 25.1 Å². The van der Waals surface area contributed by atoms with Gasteiger partial charge in [0.05, 0.1) is 5.75 Å². The number of nitrogens with two attached hydrogens (primary N) is 1. The topological polar surface area (TPSA) is 109 Å². The van der Waals surface area contributed by atoms with Crippen molar-refractivity contribution in [1.29, 1.82) is 0 Å². The second kappa shape index (κ2) is 5.15. The summed E-state index contributed by atoms with van der Waals surface area (Å²) in [6.45, 7) is 0.296. The highest BCUT2D eigenvalue weighted by molar-refractivity contribution is 7.90. The number of hydrogen-bond donors (Lipinski definition) is 3. The Balaban J connectivity index is 3.53. The predicted molar refractivity (Wildman–Crippen MR) is 48.2 cm³/mol. The number of aliphatic carboxylic acids is 1. The second-order valence-electron chi connectivity index (χ2n) is 2.78.